The van der Waals surface area contributed by atoms with Crippen LogP contribution in [0.5, 0.6) is 0 Å². The van der Waals surface area contributed by atoms with Crippen molar-refractivity contribution in [1.82, 2.24) is 30.3 Å². The van der Waals surface area contributed by atoms with Gasteiger partial charge in [-0.15, -0.1) is 16.4 Å². The second-order valence-electron chi connectivity index (χ2n) is 7.83. The van der Waals surface area contributed by atoms with Gasteiger partial charge in [-0.2, -0.15) is 4.39 Å². The Morgan fingerprint density at radius 1 is 1.06 bits per heavy atom. The molecule has 3 heterocycles. The number of halogens is 1. The van der Waals surface area contributed by atoms with Gasteiger partial charge >= 0.3 is 0 Å². The summed E-state index contributed by atoms with van der Waals surface area (Å²) in [4.78, 5) is 9.22. The second-order valence-corrected chi connectivity index (χ2v) is 8.89. The Kier molecular flexibility index (Phi) is 6.55. The van der Waals surface area contributed by atoms with E-state index in [4.69, 9.17) is 0 Å². The molecule has 0 aliphatic heterocycles. The minimum Gasteiger partial charge on any atom is -0.367 e. The standard InChI is InChI=1S/C25H24FN7S/c1-27-10-9-17-5-2-3-7-19(17)20-8-4-6-18-15-21(34-24(18)20)23-25(26)29-16-22(31-23)28-11-13-33-14-12-30-32-33/h2-8,12,14-16,27H,9-11,13H2,1H3,(H,28,31). The molecule has 3 aromatic heterocycles. The monoisotopic (exact) mass is 473 g/mol. The first-order chi connectivity index (χ1) is 16.7. The first kappa shape index (κ1) is 22.1. The smallest absolute Gasteiger partial charge is 0.240 e. The zero-order valence-electron chi connectivity index (χ0n) is 18.7. The summed E-state index contributed by atoms with van der Waals surface area (Å²) >= 11 is 1.54. The number of nitrogens with one attached hydrogen (secondary N) is 2. The number of aromatic nitrogens is 5. The topological polar surface area (TPSA) is 80.5 Å². The van der Waals surface area contributed by atoms with Gasteiger partial charge in [0, 0.05) is 17.4 Å². The molecule has 0 spiro atoms. The average Bonchev–Trinajstić information content (AvgIpc) is 3.54. The minimum atomic E-state index is -0.579. The van der Waals surface area contributed by atoms with Crippen LogP contribution < -0.4 is 10.6 Å². The largest absolute Gasteiger partial charge is 0.367 e. The predicted molar refractivity (Wildman–Crippen MR) is 134 cm³/mol. The molecule has 0 aliphatic rings. The van der Waals surface area contributed by atoms with Crippen LogP contribution >= 0.6 is 11.3 Å². The molecule has 7 nitrogen and oxygen atoms in total. The lowest BCUT2D eigenvalue weighted by atomic mass is 9.97. The number of rotatable bonds is 9. The van der Waals surface area contributed by atoms with Gasteiger partial charge in [-0.05, 0) is 48.2 Å². The van der Waals surface area contributed by atoms with Gasteiger partial charge < -0.3 is 10.6 Å². The van der Waals surface area contributed by atoms with Gasteiger partial charge in [-0.25, -0.2) is 9.97 Å². The Morgan fingerprint density at radius 3 is 2.79 bits per heavy atom. The highest BCUT2D eigenvalue weighted by molar-refractivity contribution is 7.22. The van der Waals surface area contributed by atoms with E-state index in [1.807, 2.05) is 19.2 Å². The first-order valence-corrected chi connectivity index (χ1v) is 11.9. The van der Waals surface area contributed by atoms with Crippen LogP contribution in [0.4, 0.5) is 10.2 Å². The highest BCUT2D eigenvalue weighted by atomic mass is 32.1. The molecule has 5 rings (SSSR count). The van der Waals surface area contributed by atoms with Gasteiger partial charge in [0.1, 0.15) is 11.5 Å². The zero-order chi connectivity index (χ0) is 23.3. The zero-order valence-corrected chi connectivity index (χ0v) is 19.5. The Bertz CT molecular complexity index is 1400. The maximum atomic E-state index is 14.7. The first-order valence-electron chi connectivity index (χ1n) is 11.1. The molecule has 0 radical (unpaired) electrons. The number of anilines is 1. The number of fused-ring (bicyclic) bond motifs is 1. The van der Waals surface area contributed by atoms with Gasteiger partial charge in [0.05, 0.1) is 23.8 Å². The van der Waals surface area contributed by atoms with Crippen molar-refractivity contribution in [2.75, 3.05) is 25.5 Å². The van der Waals surface area contributed by atoms with Crippen LogP contribution in [0.2, 0.25) is 0 Å². The maximum Gasteiger partial charge on any atom is 0.240 e. The molecule has 2 N–H and O–H groups in total. The summed E-state index contributed by atoms with van der Waals surface area (Å²) in [5.74, 6) is -0.0593. The summed E-state index contributed by atoms with van der Waals surface area (Å²) in [6, 6.07) is 16.7. The summed E-state index contributed by atoms with van der Waals surface area (Å²) in [6.07, 6.45) is 5.76. The van der Waals surface area contributed by atoms with E-state index in [1.165, 1.54) is 17.3 Å². The van der Waals surface area contributed by atoms with Crippen molar-refractivity contribution < 1.29 is 4.39 Å². The number of benzene rings is 2. The van der Waals surface area contributed by atoms with Crippen LogP contribution in [-0.4, -0.2) is 45.1 Å². The molecule has 172 valence electrons. The van der Waals surface area contributed by atoms with Crippen molar-refractivity contribution in [3.63, 3.8) is 0 Å². The normalized spacial score (nSPS) is 11.2. The Morgan fingerprint density at radius 2 is 1.94 bits per heavy atom. The van der Waals surface area contributed by atoms with Crippen LogP contribution in [0.15, 0.2) is 67.1 Å². The third-order valence-electron chi connectivity index (χ3n) is 5.58. The summed E-state index contributed by atoms with van der Waals surface area (Å²) in [7, 11) is 1.96. The molecule has 0 fully saturated rings. The predicted octanol–water partition coefficient (Wildman–Crippen LogP) is 4.63. The molecule has 34 heavy (non-hydrogen) atoms. The van der Waals surface area contributed by atoms with Crippen LogP contribution in [0, 0.1) is 5.95 Å². The van der Waals surface area contributed by atoms with Gasteiger partial charge in [0.15, 0.2) is 0 Å². The maximum absolute atomic E-state index is 14.7. The summed E-state index contributed by atoms with van der Waals surface area (Å²) < 4.78 is 17.6. The number of hydrogen-bond acceptors (Lipinski definition) is 7. The quantitative estimate of drug-likeness (QED) is 0.325. The molecule has 0 unspecified atom stereocenters. The van der Waals surface area contributed by atoms with Crippen LogP contribution in [0.1, 0.15) is 5.56 Å². The molecule has 0 aliphatic carbocycles. The summed E-state index contributed by atoms with van der Waals surface area (Å²) in [5.41, 5.74) is 3.88. The molecular formula is C25H24FN7S. The van der Waals surface area contributed by atoms with Crippen molar-refractivity contribution in [3.8, 4) is 21.7 Å². The highest BCUT2D eigenvalue weighted by Gasteiger charge is 2.16. The molecule has 0 saturated carbocycles. The summed E-state index contributed by atoms with van der Waals surface area (Å²) in [5, 5.41) is 15.2. The minimum absolute atomic E-state index is 0.251. The van der Waals surface area contributed by atoms with E-state index in [1.54, 1.807) is 28.4 Å². The molecular weight excluding hydrogens is 449 g/mol. The lowest BCUT2D eigenvalue weighted by Gasteiger charge is -2.10. The number of thiophene rings is 1. The van der Waals surface area contributed by atoms with E-state index in [2.05, 4.69) is 67.3 Å². The van der Waals surface area contributed by atoms with Gasteiger partial charge in [0.25, 0.3) is 0 Å². The Hall–Kier alpha value is -3.69. The van der Waals surface area contributed by atoms with Gasteiger partial charge in [0.2, 0.25) is 5.95 Å². The van der Waals surface area contributed by atoms with Crippen molar-refractivity contribution in [2.24, 2.45) is 0 Å². The van der Waals surface area contributed by atoms with Gasteiger partial charge in [-0.1, -0.05) is 47.7 Å². The molecule has 0 bridgehead atoms. The molecule has 0 amide bonds. The van der Waals surface area contributed by atoms with Crippen LogP contribution in [0.3, 0.4) is 0 Å². The molecule has 0 atom stereocenters. The van der Waals surface area contributed by atoms with E-state index in [0.29, 0.717) is 18.9 Å². The van der Waals surface area contributed by atoms with Crippen LogP contribution in [-0.2, 0) is 13.0 Å². The van der Waals surface area contributed by atoms with E-state index in [-0.39, 0.29) is 5.69 Å². The lowest BCUT2D eigenvalue weighted by molar-refractivity contribution is 0.581. The van der Waals surface area contributed by atoms with E-state index < -0.39 is 5.95 Å². The number of nitrogens with zero attached hydrogens (tertiary/aromatic N) is 5. The fourth-order valence-corrected chi connectivity index (χ4v) is 5.08. The highest BCUT2D eigenvalue weighted by Crippen LogP contribution is 2.40. The molecule has 2 aromatic carbocycles. The number of likely N-dealkylation sites (N-methyl/N-ethyl adjacent to an activating group) is 1. The lowest BCUT2D eigenvalue weighted by Crippen LogP contribution is -2.12. The van der Waals surface area contributed by atoms with Crippen LogP contribution in [0.25, 0.3) is 31.8 Å². The summed E-state index contributed by atoms with van der Waals surface area (Å²) in [6.45, 7) is 2.09. The molecule has 9 heteroatoms. The third kappa shape index (κ3) is 4.66. The van der Waals surface area contributed by atoms with E-state index in [9.17, 15) is 4.39 Å². The fraction of sp³-hybridized carbons (Fsp3) is 0.200. The Balaban J connectivity index is 1.47. The van der Waals surface area contributed by atoms with Crippen molar-refractivity contribution in [3.05, 3.63) is 78.6 Å². The third-order valence-corrected chi connectivity index (χ3v) is 6.77. The SMILES string of the molecule is CNCCc1ccccc1-c1cccc2cc(-c3nc(NCCn4ccnn4)cnc3F)sc12. The number of hydrogen-bond donors (Lipinski definition) is 2. The second kappa shape index (κ2) is 10.1. The van der Waals surface area contributed by atoms with Crippen molar-refractivity contribution >= 4 is 27.2 Å². The van der Waals surface area contributed by atoms with E-state index in [0.717, 1.165) is 33.5 Å². The average molecular weight is 474 g/mol. The van der Waals surface area contributed by atoms with Crippen molar-refractivity contribution in [1.29, 1.82) is 0 Å². The van der Waals surface area contributed by atoms with Crippen molar-refractivity contribution in [2.45, 2.75) is 13.0 Å². The van der Waals surface area contributed by atoms with E-state index >= 15 is 0 Å². The fourth-order valence-electron chi connectivity index (χ4n) is 3.92. The van der Waals surface area contributed by atoms with Gasteiger partial charge in [-0.3, -0.25) is 4.68 Å². The Labute approximate surface area is 200 Å². The molecule has 0 saturated heterocycles. The molecule has 5 aromatic rings.